The predicted octanol–water partition coefficient (Wildman–Crippen LogP) is 2.93. The lowest BCUT2D eigenvalue weighted by molar-refractivity contribution is -0.132. The van der Waals surface area contributed by atoms with Crippen molar-refractivity contribution in [3.8, 4) is 17.2 Å². The third-order valence-electron chi connectivity index (χ3n) is 5.17. The standard InChI is InChI=1S/C22H25NO6/c1-27-18-10-14(11-19(28-2)21(18)29-3)4-7-20(24)23-9-8-15-5-6-16(22(25)26)12-17(15)13-23/h5-6,10-12H,4,7-9,13H2,1-3H3,(H,25,26). The molecule has 0 saturated heterocycles. The molecule has 0 unspecified atom stereocenters. The first-order valence-corrected chi connectivity index (χ1v) is 9.38. The van der Waals surface area contributed by atoms with Crippen molar-refractivity contribution in [2.75, 3.05) is 27.9 Å². The number of carboxylic acids is 1. The number of hydrogen-bond donors (Lipinski definition) is 1. The van der Waals surface area contributed by atoms with Crippen molar-refractivity contribution >= 4 is 11.9 Å². The number of nitrogens with zero attached hydrogens (tertiary/aromatic N) is 1. The number of aryl methyl sites for hydroxylation is 1. The molecule has 0 saturated carbocycles. The van der Waals surface area contributed by atoms with E-state index in [1.807, 2.05) is 18.2 Å². The van der Waals surface area contributed by atoms with Gasteiger partial charge in [0, 0.05) is 19.5 Å². The van der Waals surface area contributed by atoms with Crippen molar-refractivity contribution in [2.45, 2.75) is 25.8 Å². The molecule has 0 fully saturated rings. The van der Waals surface area contributed by atoms with Crippen molar-refractivity contribution in [1.29, 1.82) is 0 Å². The number of amides is 1. The van der Waals surface area contributed by atoms with Crippen LogP contribution in [0.15, 0.2) is 30.3 Å². The van der Waals surface area contributed by atoms with Gasteiger partial charge in [-0.2, -0.15) is 0 Å². The van der Waals surface area contributed by atoms with Crippen LogP contribution < -0.4 is 14.2 Å². The second-order valence-corrected chi connectivity index (χ2v) is 6.89. The molecule has 0 atom stereocenters. The van der Waals surface area contributed by atoms with Gasteiger partial charge in [-0.3, -0.25) is 4.79 Å². The number of benzene rings is 2. The SMILES string of the molecule is COc1cc(CCC(=O)N2CCc3ccc(C(=O)O)cc3C2)cc(OC)c1OC. The highest BCUT2D eigenvalue weighted by Gasteiger charge is 2.22. The molecule has 1 amide bonds. The molecule has 3 rings (SSSR count). The second kappa shape index (κ2) is 8.86. The maximum atomic E-state index is 12.8. The summed E-state index contributed by atoms with van der Waals surface area (Å²) in [6.45, 7) is 1.07. The molecule has 2 aromatic rings. The van der Waals surface area contributed by atoms with Crippen LogP contribution in [0.3, 0.4) is 0 Å². The van der Waals surface area contributed by atoms with Crippen molar-refractivity contribution in [3.63, 3.8) is 0 Å². The number of ether oxygens (including phenoxy) is 3. The minimum atomic E-state index is -0.960. The molecule has 1 aliphatic rings. The number of carbonyl (C=O) groups excluding carboxylic acids is 1. The Morgan fingerprint density at radius 2 is 1.69 bits per heavy atom. The molecule has 1 N–H and O–H groups in total. The molecular formula is C22H25NO6. The fourth-order valence-electron chi connectivity index (χ4n) is 3.59. The Bertz CT molecular complexity index is 899. The van der Waals surface area contributed by atoms with Gasteiger partial charge in [0.2, 0.25) is 11.7 Å². The molecule has 154 valence electrons. The van der Waals surface area contributed by atoms with Gasteiger partial charge in [-0.15, -0.1) is 0 Å². The molecule has 0 aliphatic carbocycles. The van der Waals surface area contributed by atoms with Crippen LogP contribution in [-0.2, 0) is 24.2 Å². The first kappa shape index (κ1) is 20.5. The van der Waals surface area contributed by atoms with Crippen LogP contribution in [0.25, 0.3) is 0 Å². The van der Waals surface area contributed by atoms with E-state index in [0.717, 1.165) is 23.1 Å². The molecule has 1 aliphatic heterocycles. The summed E-state index contributed by atoms with van der Waals surface area (Å²) in [5, 5.41) is 9.18. The third kappa shape index (κ3) is 4.45. The third-order valence-corrected chi connectivity index (χ3v) is 5.17. The van der Waals surface area contributed by atoms with E-state index >= 15 is 0 Å². The summed E-state index contributed by atoms with van der Waals surface area (Å²) in [7, 11) is 4.67. The molecule has 0 bridgehead atoms. The van der Waals surface area contributed by atoms with Gasteiger partial charge in [-0.1, -0.05) is 6.07 Å². The van der Waals surface area contributed by atoms with E-state index in [-0.39, 0.29) is 11.5 Å². The van der Waals surface area contributed by atoms with Crippen molar-refractivity contribution < 1.29 is 28.9 Å². The first-order valence-electron chi connectivity index (χ1n) is 9.38. The van der Waals surface area contributed by atoms with Crippen LogP contribution in [0, 0.1) is 0 Å². The maximum Gasteiger partial charge on any atom is 0.335 e. The van der Waals surface area contributed by atoms with E-state index in [9.17, 15) is 14.7 Å². The minimum Gasteiger partial charge on any atom is -0.493 e. The summed E-state index contributed by atoms with van der Waals surface area (Å²) in [6.07, 6.45) is 1.60. The zero-order valence-corrected chi connectivity index (χ0v) is 16.9. The lowest BCUT2D eigenvalue weighted by atomic mass is 9.97. The Kier molecular flexibility index (Phi) is 6.26. The maximum absolute atomic E-state index is 12.8. The van der Waals surface area contributed by atoms with Gasteiger partial charge >= 0.3 is 5.97 Å². The molecule has 7 heteroatoms. The number of aromatic carboxylic acids is 1. The summed E-state index contributed by atoms with van der Waals surface area (Å²) < 4.78 is 16.1. The smallest absolute Gasteiger partial charge is 0.335 e. The molecule has 1 heterocycles. The molecule has 29 heavy (non-hydrogen) atoms. The van der Waals surface area contributed by atoms with Crippen LogP contribution in [0.2, 0.25) is 0 Å². The summed E-state index contributed by atoms with van der Waals surface area (Å²) >= 11 is 0. The molecule has 0 aromatic heterocycles. The zero-order valence-electron chi connectivity index (χ0n) is 16.9. The topological polar surface area (TPSA) is 85.3 Å². The lowest BCUT2D eigenvalue weighted by Gasteiger charge is -2.29. The van der Waals surface area contributed by atoms with Gasteiger partial charge in [0.25, 0.3) is 0 Å². The molecule has 2 aromatic carbocycles. The minimum absolute atomic E-state index is 0.0325. The quantitative estimate of drug-likeness (QED) is 0.771. The number of methoxy groups -OCH3 is 3. The molecule has 0 radical (unpaired) electrons. The number of hydrogen-bond acceptors (Lipinski definition) is 5. The van der Waals surface area contributed by atoms with Crippen LogP contribution in [0.1, 0.15) is 33.5 Å². The lowest BCUT2D eigenvalue weighted by Crippen LogP contribution is -2.36. The molecule has 0 spiro atoms. The highest BCUT2D eigenvalue weighted by atomic mass is 16.5. The van der Waals surface area contributed by atoms with Gasteiger partial charge in [0.15, 0.2) is 11.5 Å². The zero-order chi connectivity index (χ0) is 21.0. The van der Waals surface area contributed by atoms with Crippen LogP contribution in [0.4, 0.5) is 0 Å². The van der Waals surface area contributed by atoms with Gasteiger partial charge in [-0.05, 0) is 53.8 Å². The average Bonchev–Trinajstić information content (AvgIpc) is 2.75. The molecular weight excluding hydrogens is 374 g/mol. The molecule has 7 nitrogen and oxygen atoms in total. The monoisotopic (exact) mass is 399 g/mol. The van der Waals surface area contributed by atoms with Crippen LogP contribution in [-0.4, -0.2) is 49.8 Å². The summed E-state index contributed by atoms with van der Waals surface area (Å²) in [5.74, 6) is 0.709. The Morgan fingerprint density at radius 1 is 1.00 bits per heavy atom. The van der Waals surface area contributed by atoms with Crippen molar-refractivity contribution in [1.82, 2.24) is 4.90 Å². The number of carbonyl (C=O) groups is 2. The number of fused-ring (bicyclic) bond motifs is 1. The second-order valence-electron chi connectivity index (χ2n) is 6.89. The van der Waals surface area contributed by atoms with E-state index in [1.165, 1.54) is 0 Å². The van der Waals surface area contributed by atoms with Gasteiger partial charge < -0.3 is 24.2 Å². The fraction of sp³-hybridized carbons (Fsp3) is 0.364. The predicted molar refractivity (Wildman–Crippen MR) is 107 cm³/mol. The van der Waals surface area contributed by atoms with E-state index in [1.54, 1.807) is 38.4 Å². The van der Waals surface area contributed by atoms with E-state index in [4.69, 9.17) is 14.2 Å². The Hall–Kier alpha value is -3.22. The number of carboxylic acid groups (broad SMARTS) is 1. The Balaban J connectivity index is 1.69. The Morgan fingerprint density at radius 3 is 2.28 bits per heavy atom. The van der Waals surface area contributed by atoms with Crippen LogP contribution >= 0.6 is 0 Å². The first-order chi connectivity index (χ1) is 14.0. The van der Waals surface area contributed by atoms with E-state index < -0.39 is 5.97 Å². The fourth-order valence-corrected chi connectivity index (χ4v) is 3.59. The highest BCUT2D eigenvalue weighted by Crippen LogP contribution is 2.38. The normalized spacial score (nSPS) is 12.9. The van der Waals surface area contributed by atoms with Gasteiger partial charge in [-0.25, -0.2) is 4.79 Å². The van der Waals surface area contributed by atoms with Crippen molar-refractivity contribution in [2.24, 2.45) is 0 Å². The largest absolute Gasteiger partial charge is 0.493 e. The summed E-state index contributed by atoms with van der Waals surface area (Å²) in [4.78, 5) is 25.7. The van der Waals surface area contributed by atoms with E-state index in [2.05, 4.69) is 0 Å². The highest BCUT2D eigenvalue weighted by molar-refractivity contribution is 5.88. The van der Waals surface area contributed by atoms with Crippen molar-refractivity contribution in [3.05, 3.63) is 52.6 Å². The van der Waals surface area contributed by atoms with E-state index in [0.29, 0.717) is 43.2 Å². The average molecular weight is 399 g/mol. The number of rotatable bonds is 7. The van der Waals surface area contributed by atoms with Gasteiger partial charge in [0.05, 0.1) is 26.9 Å². The summed E-state index contributed by atoms with van der Waals surface area (Å²) in [6, 6.07) is 8.81. The van der Waals surface area contributed by atoms with Crippen LogP contribution in [0.5, 0.6) is 17.2 Å². The van der Waals surface area contributed by atoms with Gasteiger partial charge in [0.1, 0.15) is 0 Å². The summed E-state index contributed by atoms with van der Waals surface area (Å²) in [5.41, 5.74) is 3.16. The Labute approximate surface area is 169 Å².